The van der Waals surface area contributed by atoms with Gasteiger partial charge in [-0.15, -0.1) is 0 Å². The number of sulfonamides is 2. The number of hydrogen-bond acceptors (Lipinski definition) is 5. The highest BCUT2D eigenvalue weighted by molar-refractivity contribution is 7.90. The van der Waals surface area contributed by atoms with Crippen LogP contribution in [-0.4, -0.2) is 23.9 Å². The van der Waals surface area contributed by atoms with Crippen molar-refractivity contribution in [2.45, 2.75) is 16.3 Å². The molecule has 0 aliphatic heterocycles. The van der Waals surface area contributed by atoms with Crippen LogP contribution in [-0.2, 0) is 26.6 Å². The minimum Gasteiger partial charge on any atom is -0.497 e. The lowest BCUT2D eigenvalue weighted by molar-refractivity contribution is 0.415. The second-order valence-electron chi connectivity index (χ2n) is 5.89. The van der Waals surface area contributed by atoms with Gasteiger partial charge in [0, 0.05) is 6.54 Å². The Labute approximate surface area is 157 Å². The third-order valence-corrected chi connectivity index (χ3v) is 6.33. The fourth-order valence-corrected chi connectivity index (χ4v) is 4.29. The number of ether oxygens (including phenoxy) is 1. The largest absolute Gasteiger partial charge is 0.497 e. The van der Waals surface area contributed by atoms with Gasteiger partial charge in [0.25, 0.3) is 0 Å². The molecule has 0 radical (unpaired) electrons. The van der Waals surface area contributed by atoms with Crippen LogP contribution in [0.3, 0.4) is 0 Å². The molecule has 0 aliphatic rings. The van der Waals surface area contributed by atoms with Crippen molar-refractivity contribution >= 4 is 30.8 Å². The monoisotopic (exact) mass is 406 g/mol. The number of rotatable bonds is 6. The van der Waals surface area contributed by atoms with Crippen LogP contribution in [0.15, 0.2) is 70.5 Å². The Balaban J connectivity index is 1.82. The predicted molar refractivity (Wildman–Crippen MR) is 102 cm³/mol. The topological polar surface area (TPSA) is 116 Å². The maximum atomic E-state index is 12.5. The van der Waals surface area contributed by atoms with E-state index in [1.165, 1.54) is 18.2 Å². The van der Waals surface area contributed by atoms with Gasteiger partial charge in [0.15, 0.2) is 0 Å². The summed E-state index contributed by atoms with van der Waals surface area (Å²) >= 11 is 0. The molecule has 0 atom stereocenters. The van der Waals surface area contributed by atoms with Gasteiger partial charge >= 0.3 is 0 Å². The predicted octanol–water partition coefficient (Wildman–Crippen LogP) is 1.97. The van der Waals surface area contributed by atoms with Crippen molar-refractivity contribution in [2.24, 2.45) is 5.14 Å². The molecule has 3 aromatic carbocycles. The summed E-state index contributed by atoms with van der Waals surface area (Å²) in [4.78, 5) is -0.426. The number of fused-ring (bicyclic) bond motifs is 1. The maximum Gasteiger partial charge on any atom is 0.240 e. The SMILES string of the molecule is COc1ccc2cc(CNS(=O)(=O)c3cccc(S(N)(=O)=O)c3)ccc2c1. The Hall–Kier alpha value is -2.46. The van der Waals surface area contributed by atoms with Crippen LogP contribution in [0.2, 0.25) is 0 Å². The molecule has 0 amide bonds. The molecule has 27 heavy (non-hydrogen) atoms. The molecule has 7 nitrogen and oxygen atoms in total. The van der Waals surface area contributed by atoms with E-state index >= 15 is 0 Å². The molecule has 0 fully saturated rings. The summed E-state index contributed by atoms with van der Waals surface area (Å²) in [6.07, 6.45) is 0. The Morgan fingerprint density at radius 1 is 0.889 bits per heavy atom. The van der Waals surface area contributed by atoms with Crippen LogP contribution in [0.25, 0.3) is 10.8 Å². The number of benzene rings is 3. The molecule has 142 valence electrons. The molecule has 0 bridgehead atoms. The van der Waals surface area contributed by atoms with Crippen LogP contribution >= 0.6 is 0 Å². The van der Waals surface area contributed by atoms with Gasteiger partial charge < -0.3 is 4.74 Å². The van der Waals surface area contributed by atoms with Crippen LogP contribution in [0, 0.1) is 0 Å². The third kappa shape index (κ3) is 4.45. The van der Waals surface area contributed by atoms with Crippen molar-refractivity contribution in [1.82, 2.24) is 4.72 Å². The van der Waals surface area contributed by atoms with Crippen LogP contribution in [0.4, 0.5) is 0 Å². The van der Waals surface area contributed by atoms with Gasteiger partial charge in [-0.3, -0.25) is 0 Å². The minimum absolute atomic E-state index is 0.0594. The standard InChI is InChI=1S/C18H18N2O5S2/c1-25-16-8-7-14-9-13(5-6-15(14)10-16)12-20-27(23,24)18-4-2-3-17(11-18)26(19,21)22/h2-11,20H,12H2,1H3,(H2,19,21,22). The maximum absolute atomic E-state index is 12.5. The van der Waals surface area contributed by atoms with Crippen molar-refractivity contribution in [3.63, 3.8) is 0 Å². The van der Waals surface area contributed by atoms with E-state index in [2.05, 4.69) is 4.72 Å². The van der Waals surface area contributed by atoms with Crippen molar-refractivity contribution in [3.8, 4) is 5.75 Å². The van der Waals surface area contributed by atoms with E-state index in [1.54, 1.807) is 7.11 Å². The second kappa shape index (κ2) is 7.28. The smallest absolute Gasteiger partial charge is 0.240 e. The first-order valence-corrected chi connectivity index (χ1v) is 10.9. The van der Waals surface area contributed by atoms with Crippen molar-refractivity contribution in [2.75, 3.05) is 7.11 Å². The van der Waals surface area contributed by atoms with Gasteiger partial charge in [0.05, 0.1) is 16.9 Å². The normalized spacial score (nSPS) is 12.2. The second-order valence-corrected chi connectivity index (χ2v) is 9.22. The van der Waals surface area contributed by atoms with Crippen molar-refractivity contribution in [1.29, 1.82) is 0 Å². The summed E-state index contributed by atoms with van der Waals surface area (Å²) in [5.41, 5.74) is 0.763. The molecule has 9 heteroatoms. The highest BCUT2D eigenvalue weighted by atomic mass is 32.2. The van der Waals surface area contributed by atoms with Crippen LogP contribution in [0.5, 0.6) is 5.75 Å². The number of methoxy groups -OCH3 is 1. The van der Waals surface area contributed by atoms with Gasteiger partial charge in [0.2, 0.25) is 20.0 Å². The summed E-state index contributed by atoms with van der Waals surface area (Å²) in [6, 6.07) is 16.1. The average Bonchev–Trinajstić information content (AvgIpc) is 2.65. The van der Waals surface area contributed by atoms with E-state index in [0.29, 0.717) is 0 Å². The van der Waals surface area contributed by atoms with E-state index in [1.807, 2.05) is 36.4 Å². The van der Waals surface area contributed by atoms with Crippen molar-refractivity contribution < 1.29 is 21.6 Å². The molecule has 0 unspecified atom stereocenters. The van der Waals surface area contributed by atoms with Gasteiger partial charge in [-0.2, -0.15) is 0 Å². The van der Waals surface area contributed by atoms with E-state index in [-0.39, 0.29) is 16.3 Å². The third-order valence-electron chi connectivity index (χ3n) is 4.02. The summed E-state index contributed by atoms with van der Waals surface area (Å²) < 4.78 is 55.4. The lowest BCUT2D eigenvalue weighted by atomic mass is 10.1. The summed E-state index contributed by atoms with van der Waals surface area (Å²) in [6.45, 7) is 0.0594. The van der Waals surface area contributed by atoms with Crippen LogP contribution < -0.4 is 14.6 Å². The van der Waals surface area contributed by atoms with Gasteiger partial charge in [-0.05, 0) is 52.7 Å². The zero-order valence-electron chi connectivity index (χ0n) is 14.4. The van der Waals surface area contributed by atoms with E-state index in [9.17, 15) is 16.8 Å². The molecular weight excluding hydrogens is 388 g/mol. The molecule has 0 aliphatic carbocycles. The Morgan fingerprint density at radius 2 is 1.56 bits per heavy atom. The van der Waals surface area contributed by atoms with Gasteiger partial charge in [-0.25, -0.2) is 26.7 Å². The highest BCUT2D eigenvalue weighted by Crippen LogP contribution is 2.22. The zero-order valence-corrected chi connectivity index (χ0v) is 16.0. The quantitative estimate of drug-likeness (QED) is 0.649. The first kappa shape index (κ1) is 19.3. The lowest BCUT2D eigenvalue weighted by Gasteiger charge is -2.09. The summed E-state index contributed by atoms with van der Waals surface area (Å²) in [5, 5.41) is 6.98. The highest BCUT2D eigenvalue weighted by Gasteiger charge is 2.17. The molecular formula is C18H18N2O5S2. The summed E-state index contributed by atoms with van der Waals surface area (Å²) in [5.74, 6) is 0.741. The lowest BCUT2D eigenvalue weighted by Crippen LogP contribution is -2.23. The van der Waals surface area contributed by atoms with Gasteiger partial charge in [0.1, 0.15) is 5.75 Å². The molecule has 0 saturated carbocycles. The molecule has 0 saturated heterocycles. The molecule has 3 rings (SSSR count). The average molecular weight is 406 g/mol. The van der Waals surface area contributed by atoms with Crippen LogP contribution in [0.1, 0.15) is 5.56 Å². The fraction of sp³-hybridized carbons (Fsp3) is 0.111. The Bertz CT molecular complexity index is 1210. The van der Waals surface area contributed by atoms with E-state index < -0.39 is 20.0 Å². The van der Waals surface area contributed by atoms with E-state index in [4.69, 9.17) is 9.88 Å². The number of primary sulfonamides is 1. The molecule has 0 heterocycles. The summed E-state index contributed by atoms with van der Waals surface area (Å²) in [7, 11) is -6.29. The fourth-order valence-electron chi connectivity index (χ4n) is 2.59. The number of nitrogens with two attached hydrogens (primary N) is 1. The Morgan fingerprint density at radius 3 is 2.26 bits per heavy atom. The van der Waals surface area contributed by atoms with E-state index in [0.717, 1.165) is 28.2 Å². The number of hydrogen-bond donors (Lipinski definition) is 2. The van der Waals surface area contributed by atoms with Crippen molar-refractivity contribution in [3.05, 3.63) is 66.2 Å². The first-order chi connectivity index (χ1) is 12.7. The molecule has 0 spiro atoms. The number of nitrogens with one attached hydrogen (secondary N) is 1. The van der Waals surface area contributed by atoms with Gasteiger partial charge in [-0.1, -0.05) is 24.3 Å². The molecule has 3 N–H and O–H groups in total. The minimum atomic E-state index is -3.99. The Kier molecular flexibility index (Phi) is 5.20. The first-order valence-electron chi connectivity index (χ1n) is 7.88. The zero-order chi connectivity index (χ0) is 19.7. The molecule has 3 aromatic rings. The molecule has 0 aromatic heterocycles.